The first-order chi connectivity index (χ1) is 12.6. The van der Waals surface area contributed by atoms with E-state index in [1.54, 1.807) is 4.90 Å². The molecule has 0 spiro atoms. The Hall–Kier alpha value is -2.47. The lowest BCUT2D eigenvalue weighted by atomic mass is 10.1. The van der Waals surface area contributed by atoms with Crippen molar-refractivity contribution in [1.29, 1.82) is 0 Å². The minimum Gasteiger partial charge on any atom is -0.384 e. The number of anilines is 1. The standard InChI is InChI=1S/C20H21F2N3O/c21-16-4-5-17(18(22)12-16)20(26)25-10-8-24(9-11-25)13-15-3-1-2-14-6-7-23-19(14)15/h1-5,12,23H,6-11,13H2. The number of carbonyl (C=O) groups is 1. The number of carbonyl (C=O) groups excluding carboxylic acids is 1. The number of rotatable bonds is 3. The minimum atomic E-state index is -0.802. The Balaban J connectivity index is 1.38. The first-order valence-corrected chi connectivity index (χ1v) is 8.93. The van der Waals surface area contributed by atoms with Crippen LogP contribution in [0.4, 0.5) is 14.5 Å². The van der Waals surface area contributed by atoms with Crippen LogP contribution >= 0.6 is 0 Å². The molecular formula is C20H21F2N3O. The van der Waals surface area contributed by atoms with Crippen molar-refractivity contribution < 1.29 is 13.6 Å². The monoisotopic (exact) mass is 357 g/mol. The average molecular weight is 357 g/mol. The van der Waals surface area contributed by atoms with Crippen molar-refractivity contribution in [2.75, 3.05) is 38.0 Å². The molecule has 1 saturated heterocycles. The number of nitrogens with zero attached hydrogens (tertiary/aromatic N) is 2. The fourth-order valence-electron chi connectivity index (χ4n) is 3.73. The second kappa shape index (κ2) is 7.03. The SMILES string of the molecule is O=C(c1ccc(F)cc1F)N1CCN(Cc2cccc3c2NCC3)CC1. The van der Waals surface area contributed by atoms with Crippen molar-refractivity contribution in [2.24, 2.45) is 0 Å². The third-order valence-corrected chi connectivity index (χ3v) is 5.15. The van der Waals surface area contributed by atoms with E-state index in [1.165, 1.54) is 22.9 Å². The Kier molecular flexibility index (Phi) is 4.59. The molecule has 26 heavy (non-hydrogen) atoms. The molecule has 2 aromatic carbocycles. The van der Waals surface area contributed by atoms with E-state index in [9.17, 15) is 13.6 Å². The molecule has 0 saturated carbocycles. The predicted octanol–water partition coefficient (Wildman–Crippen LogP) is 2.89. The number of nitrogens with one attached hydrogen (secondary N) is 1. The molecule has 2 aliphatic rings. The second-order valence-corrected chi connectivity index (χ2v) is 6.82. The molecule has 4 rings (SSSR count). The largest absolute Gasteiger partial charge is 0.384 e. The van der Waals surface area contributed by atoms with Crippen LogP contribution in [-0.4, -0.2) is 48.4 Å². The number of piperazine rings is 1. The third kappa shape index (κ3) is 3.29. The zero-order chi connectivity index (χ0) is 18.1. The number of fused-ring (bicyclic) bond motifs is 1. The van der Waals surface area contributed by atoms with Crippen LogP contribution in [-0.2, 0) is 13.0 Å². The fraction of sp³-hybridized carbons (Fsp3) is 0.350. The van der Waals surface area contributed by atoms with Gasteiger partial charge in [0.05, 0.1) is 5.56 Å². The highest BCUT2D eigenvalue weighted by Gasteiger charge is 2.25. The van der Waals surface area contributed by atoms with Gasteiger partial charge in [0, 0.05) is 51.0 Å². The Morgan fingerprint density at radius 1 is 1.08 bits per heavy atom. The van der Waals surface area contributed by atoms with E-state index in [0.717, 1.165) is 44.7 Å². The number of benzene rings is 2. The van der Waals surface area contributed by atoms with Gasteiger partial charge in [0.1, 0.15) is 11.6 Å². The Morgan fingerprint density at radius 2 is 1.88 bits per heavy atom. The highest BCUT2D eigenvalue weighted by atomic mass is 19.1. The highest BCUT2D eigenvalue weighted by Crippen LogP contribution is 2.27. The number of hydrogen-bond donors (Lipinski definition) is 1. The van der Waals surface area contributed by atoms with Gasteiger partial charge in [-0.05, 0) is 29.7 Å². The van der Waals surface area contributed by atoms with Crippen molar-refractivity contribution in [3.05, 3.63) is 64.7 Å². The predicted molar refractivity (Wildman–Crippen MR) is 96.2 cm³/mol. The van der Waals surface area contributed by atoms with Crippen LogP contribution in [0, 0.1) is 11.6 Å². The van der Waals surface area contributed by atoms with Gasteiger partial charge in [-0.25, -0.2) is 8.78 Å². The van der Waals surface area contributed by atoms with E-state index in [-0.39, 0.29) is 11.5 Å². The maximum absolute atomic E-state index is 13.8. The molecule has 0 atom stereocenters. The molecule has 0 aliphatic carbocycles. The quantitative estimate of drug-likeness (QED) is 0.918. The van der Waals surface area contributed by atoms with Crippen LogP contribution in [0.25, 0.3) is 0 Å². The molecule has 4 nitrogen and oxygen atoms in total. The summed E-state index contributed by atoms with van der Waals surface area (Å²) in [5, 5.41) is 3.45. The van der Waals surface area contributed by atoms with E-state index >= 15 is 0 Å². The maximum atomic E-state index is 13.8. The van der Waals surface area contributed by atoms with Crippen molar-refractivity contribution in [3.8, 4) is 0 Å². The fourth-order valence-corrected chi connectivity index (χ4v) is 3.73. The summed E-state index contributed by atoms with van der Waals surface area (Å²) in [7, 11) is 0. The molecule has 1 fully saturated rings. The van der Waals surface area contributed by atoms with Crippen LogP contribution in [0.15, 0.2) is 36.4 Å². The van der Waals surface area contributed by atoms with Gasteiger partial charge in [-0.15, -0.1) is 0 Å². The van der Waals surface area contributed by atoms with E-state index in [0.29, 0.717) is 13.1 Å². The summed E-state index contributed by atoms with van der Waals surface area (Å²) in [4.78, 5) is 16.4. The molecule has 0 radical (unpaired) electrons. The molecule has 0 bridgehead atoms. The zero-order valence-electron chi connectivity index (χ0n) is 14.5. The molecule has 0 aromatic heterocycles. The molecule has 6 heteroatoms. The number of hydrogen-bond acceptors (Lipinski definition) is 3. The molecule has 1 amide bonds. The molecule has 0 unspecified atom stereocenters. The van der Waals surface area contributed by atoms with Crippen LogP contribution in [0.3, 0.4) is 0 Å². The lowest BCUT2D eigenvalue weighted by Gasteiger charge is -2.35. The van der Waals surface area contributed by atoms with E-state index in [2.05, 4.69) is 28.4 Å². The van der Waals surface area contributed by atoms with E-state index in [1.807, 2.05) is 0 Å². The van der Waals surface area contributed by atoms with Gasteiger partial charge in [0.15, 0.2) is 0 Å². The summed E-state index contributed by atoms with van der Waals surface area (Å²) in [6.45, 7) is 4.37. The average Bonchev–Trinajstić information content (AvgIpc) is 3.12. The molecule has 2 aromatic rings. The molecule has 2 heterocycles. The van der Waals surface area contributed by atoms with Gasteiger partial charge < -0.3 is 10.2 Å². The summed E-state index contributed by atoms with van der Waals surface area (Å²) < 4.78 is 26.9. The second-order valence-electron chi connectivity index (χ2n) is 6.82. The van der Waals surface area contributed by atoms with E-state index < -0.39 is 11.6 Å². The van der Waals surface area contributed by atoms with E-state index in [4.69, 9.17) is 0 Å². The van der Waals surface area contributed by atoms with Crippen LogP contribution in [0.1, 0.15) is 21.5 Å². The van der Waals surface area contributed by atoms with Gasteiger partial charge in [-0.3, -0.25) is 9.69 Å². The summed E-state index contributed by atoms with van der Waals surface area (Å²) in [6, 6.07) is 9.49. The lowest BCUT2D eigenvalue weighted by molar-refractivity contribution is 0.0624. The lowest BCUT2D eigenvalue weighted by Crippen LogP contribution is -2.48. The molecule has 2 aliphatic heterocycles. The molecular weight excluding hydrogens is 336 g/mol. The number of para-hydroxylation sites is 1. The number of halogens is 2. The van der Waals surface area contributed by atoms with Crippen LogP contribution in [0.2, 0.25) is 0 Å². The maximum Gasteiger partial charge on any atom is 0.256 e. The summed E-state index contributed by atoms with van der Waals surface area (Å²) >= 11 is 0. The van der Waals surface area contributed by atoms with Crippen molar-refractivity contribution in [1.82, 2.24) is 9.80 Å². The van der Waals surface area contributed by atoms with Crippen molar-refractivity contribution >= 4 is 11.6 Å². The highest BCUT2D eigenvalue weighted by molar-refractivity contribution is 5.94. The third-order valence-electron chi connectivity index (χ3n) is 5.15. The first kappa shape index (κ1) is 17.0. The van der Waals surface area contributed by atoms with Gasteiger partial charge in [0.25, 0.3) is 5.91 Å². The number of amides is 1. The Bertz CT molecular complexity index is 832. The summed E-state index contributed by atoms with van der Waals surface area (Å²) in [5.74, 6) is -1.85. The summed E-state index contributed by atoms with van der Waals surface area (Å²) in [5.41, 5.74) is 3.83. The van der Waals surface area contributed by atoms with Crippen molar-refractivity contribution in [3.63, 3.8) is 0 Å². The minimum absolute atomic E-state index is 0.0649. The first-order valence-electron chi connectivity index (χ1n) is 8.93. The Morgan fingerprint density at radius 3 is 2.65 bits per heavy atom. The normalized spacial score (nSPS) is 17.1. The molecule has 136 valence electrons. The van der Waals surface area contributed by atoms with Gasteiger partial charge in [-0.2, -0.15) is 0 Å². The van der Waals surface area contributed by atoms with Crippen LogP contribution < -0.4 is 5.32 Å². The van der Waals surface area contributed by atoms with Crippen LogP contribution in [0.5, 0.6) is 0 Å². The zero-order valence-corrected chi connectivity index (χ0v) is 14.5. The topological polar surface area (TPSA) is 35.6 Å². The van der Waals surface area contributed by atoms with Gasteiger partial charge >= 0.3 is 0 Å². The van der Waals surface area contributed by atoms with Gasteiger partial charge in [-0.1, -0.05) is 18.2 Å². The van der Waals surface area contributed by atoms with Crippen molar-refractivity contribution in [2.45, 2.75) is 13.0 Å². The Labute approximate surface area is 151 Å². The van der Waals surface area contributed by atoms with Gasteiger partial charge in [0.2, 0.25) is 0 Å². The smallest absolute Gasteiger partial charge is 0.256 e. The summed E-state index contributed by atoms with van der Waals surface area (Å²) in [6.07, 6.45) is 1.06. The molecule has 1 N–H and O–H groups in total.